The lowest BCUT2D eigenvalue weighted by Crippen LogP contribution is -2.48. The summed E-state index contributed by atoms with van der Waals surface area (Å²) in [5.74, 6) is 0. The largest absolute Gasteiger partial charge is 0.312 e. The first-order valence-electron chi connectivity index (χ1n) is 6.62. The van der Waals surface area contributed by atoms with Gasteiger partial charge in [0.2, 0.25) is 0 Å². The normalized spacial score (nSPS) is 20.4. The molecule has 104 valence electrons. The fraction of sp³-hybridized carbons (Fsp3) is 0.500. The van der Waals surface area contributed by atoms with E-state index >= 15 is 0 Å². The molecule has 1 aliphatic rings. The highest BCUT2D eigenvalue weighted by molar-refractivity contribution is 5.85. The van der Waals surface area contributed by atoms with E-state index in [0.29, 0.717) is 6.04 Å². The number of aromatic nitrogens is 2. The molecule has 1 saturated heterocycles. The molecule has 0 spiro atoms. The van der Waals surface area contributed by atoms with E-state index in [2.05, 4.69) is 51.6 Å². The van der Waals surface area contributed by atoms with Crippen molar-refractivity contribution in [1.29, 1.82) is 0 Å². The minimum absolute atomic E-state index is 0. The average Bonchev–Trinajstić information content (AvgIpc) is 2.74. The number of imidazole rings is 1. The van der Waals surface area contributed by atoms with E-state index in [1.54, 1.807) is 0 Å². The van der Waals surface area contributed by atoms with Crippen molar-refractivity contribution in [2.75, 3.05) is 19.6 Å². The third kappa shape index (κ3) is 2.91. The Kier molecular flexibility index (Phi) is 4.45. The molecule has 0 aromatic carbocycles. The van der Waals surface area contributed by atoms with Gasteiger partial charge in [-0.25, -0.2) is 4.98 Å². The molecule has 2 aromatic heterocycles. The van der Waals surface area contributed by atoms with Crippen LogP contribution in [-0.4, -0.2) is 40.0 Å². The molecule has 0 unspecified atom stereocenters. The maximum Gasteiger partial charge on any atom is 0.137 e. The van der Waals surface area contributed by atoms with E-state index in [1.165, 1.54) is 11.4 Å². The minimum atomic E-state index is 0. The van der Waals surface area contributed by atoms with Gasteiger partial charge in [-0.1, -0.05) is 6.07 Å². The third-order valence-corrected chi connectivity index (χ3v) is 3.64. The van der Waals surface area contributed by atoms with Gasteiger partial charge in [0.05, 0.1) is 11.9 Å². The molecule has 1 atom stereocenters. The predicted octanol–water partition coefficient (Wildman–Crippen LogP) is 1.86. The number of rotatable bonds is 2. The van der Waals surface area contributed by atoms with Crippen molar-refractivity contribution in [1.82, 2.24) is 19.6 Å². The highest BCUT2D eigenvalue weighted by atomic mass is 35.5. The van der Waals surface area contributed by atoms with Crippen LogP contribution >= 0.6 is 12.4 Å². The van der Waals surface area contributed by atoms with Crippen LogP contribution in [0.3, 0.4) is 0 Å². The summed E-state index contributed by atoms with van der Waals surface area (Å²) in [5.41, 5.74) is 3.59. The van der Waals surface area contributed by atoms with Crippen LogP contribution in [0.15, 0.2) is 24.4 Å². The Labute approximate surface area is 120 Å². The number of piperazine rings is 1. The first kappa shape index (κ1) is 14.3. The summed E-state index contributed by atoms with van der Waals surface area (Å²) >= 11 is 0. The summed E-state index contributed by atoms with van der Waals surface area (Å²) in [6.07, 6.45) is 2.01. The number of nitrogens with one attached hydrogen (secondary N) is 1. The number of hydrogen-bond acceptors (Lipinski definition) is 3. The molecule has 3 rings (SSSR count). The third-order valence-electron chi connectivity index (χ3n) is 3.64. The van der Waals surface area contributed by atoms with Crippen molar-refractivity contribution in [3.8, 4) is 0 Å². The Morgan fingerprint density at radius 3 is 3.05 bits per heavy atom. The maximum atomic E-state index is 4.48. The van der Waals surface area contributed by atoms with Crippen molar-refractivity contribution in [3.05, 3.63) is 35.8 Å². The molecular weight excluding hydrogens is 260 g/mol. The van der Waals surface area contributed by atoms with E-state index in [1.807, 2.05) is 6.20 Å². The SMILES string of the molecule is Cc1cccc2ncc(CN3CCN[C@H](C)C3)n12.Cl. The Balaban J connectivity index is 0.00000133. The van der Waals surface area contributed by atoms with Crippen molar-refractivity contribution < 1.29 is 0 Å². The maximum absolute atomic E-state index is 4.48. The highest BCUT2D eigenvalue weighted by Crippen LogP contribution is 2.13. The molecule has 0 radical (unpaired) electrons. The average molecular weight is 281 g/mol. The summed E-state index contributed by atoms with van der Waals surface area (Å²) < 4.78 is 2.26. The molecule has 2 aromatic rings. The molecule has 0 amide bonds. The molecule has 0 saturated carbocycles. The lowest BCUT2D eigenvalue weighted by Gasteiger charge is -2.31. The van der Waals surface area contributed by atoms with Crippen molar-refractivity contribution in [2.45, 2.75) is 26.4 Å². The van der Waals surface area contributed by atoms with E-state index in [-0.39, 0.29) is 12.4 Å². The standard InChI is InChI=1S/C14H20N4.ClH/c1-11-9-17(7-6-15-11)10-13-8-16-14-5-3-4-12(2)18(13)14;/h3-5,8,11,15H,6-7,9-10H2,1-2H3;1H/t11-;/m1./s1. The molecule has 0 aliphatic carbocycles. The highest BCUT2D eigenvalue weighted by Gasteiger charge is 2.17. The molecule has 19 heavy (non-hydrogen) atoms. The van der Waals surface area contributed by atoms with Gasteiger partial charge in [0, 0.05) is 37.9 Å². The van der Waals surface area contributed by atoms with Crippen LogP contribution in [0.25, 0.3) is 5.65 Å². The second-order valence-corrected chi connectivity index (χ2v) is 5.20. The zero-order chi connectivity index (χ0) is 12.5. The number of hydrogen-bond donors (Lipinski definition) is 1. The van der Waals surface area contributed by atoms with Crippen LogP contribution < -0.4 is 5.32 Å². The summed E-state index contributed by atoms with van der Waals surface area (Å²) in [4.78, 5) is 6.98. The minimum Gasteiger partial charge on any atom is -0.312 e. The zero-order valence-corrected chi connectivity index (χ0v) is 12.3. The Hall–Kier alpha value is -1.10. The monoisotopic (exact) mass is 280 g/mol. The second kappa shape index (κ2) is 5.90. The molecule has 1 fully saturated rings. The lowest BCUT2D eigenvalue weighted by atomic mass is 10.2. The molecule has 1 N–H and O–H groups in total. The number of pyridine rings is 1. The second-order valence-electron chi connectivity index (χ2n) is 5.20. The Morgan fingerprint density at radius 2 is 2.26 bits per heavy atom. The number of halogens is 1. The van der Waals surface area contributed by atoms with Crippen molar-refractivity contribution in [2.24, 2.45) is 0 Å². The fourth-order valence-electron chi connectivity index (χ4n) is 2.77. The summed E-state index contributed by atoms with van der Waals surface area (Å²) in [6.45, 7) is 8.67. The number of nitrogens with zero attached hydrogens (tertiary/aromatic N) is 3. The topological polar surface area (TPSA) is 32.6 Å². The molecule has 3 heterocycles. The van der Waals surface area contributed by atoms with E-state index in [0.717, 1.165) is 31.8 Å². The van der Waals surface area contributed by atoms with Gasteiger partial charge in [0.15, 0.2) is 0 Å². The summed E-state index contributed by atoms with van der Waals surface area (Å²) in [7, 11) is 0. The van der Waals surface area contributed by atoms with Gasteiger partial charge in [-0.2, -0.15) is 0 Å². The van der Waals surface area contributed by atoms with Gasteiger partial charge in [-0.15, -0.1) is 12.4 Å². The van der Waals surface area contributed by atoms with Gasteiger partial charge in [0.1, 0.15) is 5.65 Å². The van der Waals surface area contributed by atoms with E-state index in [4.69, 9.17) is 0 Å². The summed E-state index contributed by atoms with van der Waals surface area (Å²) in [6, 6.07) is 6.85. The first-order valence-corrected chi connectivity index (χ1v) is 6.62. The number of fused-ring (bicyclic) bond motifs is 1. The van der Waals surface area contributed by atoms with Crippen molar-refractivity contribution >= 4 is 18.1 Å². The quantitative estimate of drug-likeness (QED) is 0.911. The van der Waals surface area contributed by atoms with Gasteiger partial charge in [-0.3, -0.25) is 4.90 Å². The Bertz CT molecular complexity index is 551. The van der Waals surface area contributed by atoms with Gasteiger partial charge < -0.3 is 9.72 Å². The van der Waals surface area contributed by atoms with Gasteiger partial charge in [0.25, 0.3) is 0 Å². The van der Waals surface area contributed by atoms with Crippen LogP contribution in [0, 0.1) is 6.92 Å². The fourth-order valence-corrected chi connectivity index (χ4v) is 2.77. The van der Waals surface area contributed by atoms with E-state index < -0.39 is 0 Å². The smallest absolute Gasteiger partial charge is 0.137 e. The van der Waals surface area contributed by atoms with Crippen LogP contribution in [0.1, 0.15) is 18.3 Å². The Morgan fingerprint density at radius 1 is 1.42 bits per heavy atom. The van der Waals surface area contributed by atoms with E-state index in [9.17, 15) is 0 Å². The lowest BCUT2D eigenvalue weighted by molar-refractivity contribution is 0.197. The molecule has 0 bridgehead atoms. The molecule has 1 aliphatic heterocycles. The number of aryl methyl sites for hydroxylation is 1. The summed E-state index contributed by atoms with van der Waals surface area (Å²) in [5, 5.41) is 3.48. The van der Waals surface area contributed by atoms with Crippen molar-refractivity contribution in [3.63, 3.8) is 0 Å². The van der Waals surface area contributed by atoms with Crippen LogP contribution in [0.5, 0.6) is 0 Å². The van der Waals surface area contributed by atoms with Gasteiger partial charge >= 0.3 is 0 Å². The molecule has 4 nitrogen and oxygen atoms in total. The van der Waals surface area contributed by atoms with Gasteiger partial charge in [-0.05, 0) is 26.0 Å². The van der Waals surface area contributed by atoms with Crippen LogP contribution in [0.2, 0.25) is 0 Å². The predicted molar refractivity (Wildman–Crippen MR) is 79.9 cm³/mol. The van der Waals surface area contributed by atoms with Crippen LogP contribution in [-0.2, 0) is 6.54 Å². The first-order chi connectivity index (χ1) is 8.74. The van der Waals surface area contributed by atoms with Crippen LogP contribution in [0.4, 0.5) is 0 Å². The zero-order valence-electron chi connectivity index (χ0n) is 11.5. The molecule has 5 heteroatoms. The molecular formula is C14H21ClN4.